The van der Waals surface area contributed by atoms with Gasteiger partial charge >= 0.3 is 0 Å². The molecule has 0 saturated heterocycles. The largest absolute Gasteiger partial charge is 0.491 e. The molecule has 0 spiro atoms. The molecule has 0 unspecified atom stereocenters. The number of anilines is 2. The van der Waals surface area contributed by atoms with Crippen LogP contribution >= 0.6 is 11.3 Å². The molecular formula is C17H18FN3O2S. The van der Waals surface area contributed by atoms with Crippen molar-refractivity contribution in [2.75, 3.05) is 11.9 Å². The summed E-state index contributed by atoms with van der Waals surface area (Å²) in [5.41, 5.74) is 1.31. The maximum absolute atomic E-state index is 14.1. The van der Waals surface area contributed by atoms with Crippen LogP contribution in [0.5, 0.6) is 5.75 Å². The second kappa shape index (κ2) is 7.92. The molecule has 0 atom stereocenters. The Bertz CT molecular complexity index is 774. The molecule has 2 heterocycles. The standard InChI is InChI=1S/C17H18FN3O2S/c1-2-3-4-9-22-15-6-5-12(10-13(15)18)20-17-21-14(11-24-17)16-7-8-19-23-16/h5-8,10-11H,2-4,9H2,1H3,(H,20,21). The number of rotatable bonds is 8. The highest BCUT2D eigenvalue weighted by atomic mass is 32.1. The number of thiazole rings is 1. The molecular weight excluding hydrogens is 329 g/mol. The third kappa shape index (κ3) is 4.11. The molecule has 0 radical (unpaired) electrons. The SMILES string of the molecule is CCCCCOc1ccc(Nc2nc(-c3ccno3)cs2)cc1F. The highest BCUT2D eigenvalue weighted by Gasteiger charge is 2.09. The first-order valence-electron chi connectivity index (χ1n) is 7.82. The van der Waals surface area contributed by atoms with Crippen molar-refractivity contribution in [1.29, 1.82) is 0 Å². The van der Waals surface area contributed by atoms with E-state index in [9.17, 15) is 4.39 Å². The summed E-state index contributed by atoms with van der Waals surface area (Å²) in [4.78, 5) is 4.39. The molecule has 2 aromatic heterocycles. The van der Waals surface area contributed by atoms with Gasteiger partial charge in [-0.2, -0.15) is 0 Å². The van der Waals surface area contributed by atoms with Crippen molar-refractivity contribution in [3.63, 3.8) is 0 Å². The van der Waals surface area contributed by atoms with Gasteiger partial charge in [0, 0.05) is 23.2 Å². The Labute approximate surface area is 143 Å². The third-order valence-corrected chi connectivity index (χ3v) is 4.14. The van der Waals surface area contributed by atoms with Crippen molar-refractivity contribution >= 4 is 22.2 Å². The van der Waals surface area contributed by atoms with E-state index in [0.717, 1.165) is 19.3 Å². The minimum Gasteiger partial charge on any atom is -0.491 e. The van der Waals surface area contributed by atoms with E-state index in [1.807, 2.05) is 5.38 Å². The van der Waals surface area contributed by atoms with Gasteiger partial charge < -0.3 is 14.6 Å². The van der Waals surface area contributed by atoms with Crippen molar-refractivity contribution in [3.05, 3.63) is 41.7 Å². The fourth-order valence-electron chi connectivity index (χ4n) is 2.15. The van der Waals surface area contributed by atoms with E-state index >= 15 is 0 Å². The fraction of sp³-hybridized carbons (Fsp3) is 0.294. The minimum atomic E-state index is -0.386. The average Bonchev–Trinajstić information content (AvgIpc) is 3.24. The van der Waals surface area contributed by atoms with Crippen LogP contribution in [-0.4, -0.2) is 16.7 Å². The number of hydrogen-bond donors (Lipinski definition) is 1. The van der Waals surface area contributed by atoms with Crippen molar-refractivity contribution in [2.45, 2.75) is 26.2 Å². The summed E-state index contributed by atoms with van der Waals surface area (Å²) in [6, 6.07) is 6.55. The summed E-state index contributed by atoms with van der Waals surface area (Å²) in [6.07, 6.45) is 4.69. The lowest BCUT2D eigenvalue weighted by Crippen LogP contribution is -1.99. The number of hydrogen-bond acceptors (Lipinski definition) is 6. The van der Waals surface area contributed by atoms with Crippen LogP contribution in [0.4, 0.5) is 15.2 Å². The Balaban J connectivity index is 1.62. The lowest BCUT2D eigenvalue weighted by Gasteiger charge is -2.09. The van der Waals surface area contributed by atoms with Gasteiger partial charge in [-0.25, -0.2) is 9.37 Å². The highest BCUT2D eigenvalue weighted by Crippen LogP contribution is 2.28. The normalized spacial score (nSPS) is 10.8. The first-order valence-corrected chi connectivity index (χ1v) is 8.70. The van der Waals surface area contributed by atoms with E-state index in [0.29, 0.717) is 28.9 Å². The molecule has 3 aromatic rings. The van der Waals surface area contributed by atoms with Crippen LogP contribution in [0.15, 0.2) is 40.4 Å². The summed E-state index contributed by atoms with van der Waals surface area (Å²) in [5.74, 6) is 0.489. The molecule has 0 bridgehead atoms. The van der Waals surface area contributed by atoms with Crippen LogP contribution in [0, 0.1) is 5.82 Å². The number of unbranched alkanes of at least 4 members (excludes halogenated alkanes) is 2. The van der Waals surface area contributed by atoms with E-state index in [4.69, 9.17) is 9.26 Å². The van der Waals surface area contributed by atoms with Gasteiger partial charge in [0.15, 0.2) is 22.5 Å². The Hall–Kier alpha value is -2.41. The maximum Gasteiger partial charge on any atom is 0.187 e. The topological polar surface area (TPSA) is 60.2 Å². The Morgan fingerprint density at radius 2 is 2.21 bits per heavy atom. The van der Waals surface area contributed by atoms with Crippen LogP contribution in [0.25, 0.3) is 11.5 Å². The number of nitrogens with one attached hydrogen (secondary N) is 1. The first kappa shape index (κ1) is 16.4. The van der Waals surface area contributed by atoms with Crippen molar-refractivity contribution in [2.24, 2.45) is 0 Å². The number of ether oxygens (including phenoxy) is 1. The van der Waals surface area contributed by atoms with Gasteiger partial charge in [0.05, 0.1) is 12.8 Å². The number of benzene rings is 1. The lowest BCUT2D eigenvalue weighted by molar-refractivity contribution is 0.291. The molecule has 0 saturated carbocycles. The van der Waals surface area contributed by atoms with Crippen LogP contribution in [0.1, 0.15) is 26.2 Å². The van der Waals surface area contributed by atoms with E-state index in [2.05, 4.69) is 22.4 Å². The highest BCUT2D eigenvalue weighted by molar-refractivity contribution is 7.14. The second-order valence-corrected chi connectivity index (χ2v) is 6.10. The monoisotopic (exact) mass is 347 g/mol. The van der Waals surface area contributed by atoms with Crippen LogP contribution in [0.2, 0.25) is 0 Å². The number of halogens is 1. The lowest BCUT2D eigenvalue weighted by atomic mass is 10.2. The van der Waals surface area contributed by atoms with Crippen molar-refractivity contribution < 1.29 is 13.7 Å². The minimum absolute atomic E-state index is 0.276. The summed E-state index contributed by atoms with van der Waals surface area (Å²) < 4.78 is 24.6. The number of nitrogens with zero attached hydrogens (tertiary/aromatic N) is 2. The average molecular weight is 347 g/mol. The molecule has 3 rings (SSSR count). The molecule has 0 fully saturated rings. The molecule has 0 aliphatic carbocycles. The van der Waals surface area contributed by atoms with Gasteiger partial charge in [-0.3, -0.25) is 0 Å². The molecule has 5 nitrogen and oxygen atoms in total. The zero-order chi connectivity index (χ0) is 16.8. The van der Waals surface area contributed by atoms with Gasteiger partial charge in [-0.15, -0.1) is 11.3 Å². The summed E-state index contributed by atoms with van der Waals surface area (Å²) in [5, 5.41) is 9.24. The molecule has 7 heteroatoms. The van der Waals surface area contributed by atoms with Crippen LogP contribution in [-0.2, 0) is 0 Å². The molecule has 126 valence electrons. The summed E-state index contributed by atoms with van der Waals surface area (Å²) in [7, 11) is 0. The van der Waals surface area contributed by atoms with E-state index < -0.39 is 0 Å². The van der Waals surface area contributed by atoms with E-state index in [1.54, 1.807) is 24.4 Å². The van der Waals surface area contributed by atoms with Crippen molar-refractivity contribution in [3.8, 4) is 17.2 Å². The van der Waals surface area contributed by atoms with E-state index in [1.165, 1.54) is 17.4 Å². The molecule has 1 aromatic carbocycles. The van der Waals surface area contributed by atoms with Gasteiger partial charge in [0.25, 0.3) is 0 Å². The smallest absolute Gasteiger partial charge is 0.187 e. The second-order valence-electron chi connectivity index (χ2n) is 5.24. The van der Waals surface area contributed by atoms with Gasteiger partial charge in [0.2, 0.25) is 0 Å². The van der Waals surface area contributed by atoms with E-state index in [-0.39, 0.29) is 11.6 Å². The fourth-order valence-corrected chi connectivity index (χ4v) is 2.87. The Kier molecular flexibility index (Phi) is 5.43. The predicted octanol–water partition coefficient (Wildman–Crippen LogP) is 5.25. The van der Waals surface area contributed by atoms with Gasteiger partial charge in [-0.05, 0) is 18.6 Å². The summed E-state index contributed by atoms with van der Waals surface area (Å²) >= 11 is 1.41. The zero-order valence-corrected chi connectivity index (χ0v) is 14.1. The van der Waals surface area contributed by atoms with Gasteiger partial charge in [0.1, 0.15) is 5.69 Å². The molecule has 1 N–H and O–H groups in total. The summed E-state index contributed by atoms with van der Waals surface area (Å²) in [6.45, 7) is 2.65. The van der Waals surface area contributed by atoms with Gasteiger partial charge in [-0.1, -0.05) is 24.9 Å². The zero-order valence-electron chi connectivity index (χ0n) is 13.3. The molecule has 0 aliphatic rings. The van der Waals surface area contributed by atoms with Crippen LogP contribution < -0.4 is 10.1 Å². The Morgan fingerprint density at radius 3 is 2.96 bits per heavy atom. The number of aromatic nitrogens is 2. The van der Waals surface area contributed by atoms with Crippen molar-refractivity contribution in [1.82, 2.24) is 10.1 Å². The Morgan fingerprint density at radius 1 is 1.29 bits per heavy atom. The first-order chi connectivity index (χ1) is 11.8. The predicted molar refractivity (Wildman–Crippen MR) is 92.3 cm³/mol. The quantitative estimate of drug-likeness (QED) is 0.564. The van der Waals surface area contributed by atoms with Crippen LogP contribution in [0.3, 0.4) is 0 Å². The molecule has 0 amide bonds. The molecule has 0 aliphatic heterocycles. The third-order valence-electron chi connectivity index (χ3n) is 3.38. The maximum atomic E-state index is 14.1. The molecule has 24 heavy (non-hydrogen) atoms.